The Morgan fingerprint density at radius 3 is 2.77 bits per heavy atom. The molecule has 0 unspecified atom stereocenters. The number of nitrogens with zero attached hydrogens (tertiary/aromatic N) is 3. The SMILES string of the molecule is CCOCCN1C[C@]23C=C[C@H](O2)[C@H](C(=O)N2CCN(CC)CC2)[C@@H]3C1=O. The lowest BCUT2D eigenvalue weighted by atomic mass is 9.76. The van der Waals surface area contributed by atoms with Gasteiger partial charge in [-0.2, -0.15) is 0 Å². The average molecular weight is 363 g/mol. The molecule has 1 spiro atoms. The molecule has 2 amide bonds. The maximum atomic E-state index is 13.2. The van der Waals surface area contributed by atoms with Gasteiger partial charge in [0.2, 0.25) is 11.8 Å². The number of hydrogen-bond donors (Lipinski definition) is 0. The van der Waals surface area contributed by atoms with Gasteiger partial charge in [0.05, 0.1) is 31.1 Å². The highest BCUT2D eigenvalue weighted by molar-refractivity contribution is 5.93. The van der Waals surface area contributed by atoms with E-state index in [0.717, 1.165) is 32.7 Å². The zero-order chi connectivity index (χ0) is 18.3. The molecule has 0 aromatic rings. The minimum atomic E-state index is -0.612. The van der Waals surface area contributed by atoms with Crippen LogP contribution in [0.5, 0.6) is 0 Å². The summed E-state index contributed by atoms with van der Waals surface area (Å²) in [6.07, 6.45) is 3.75. The minimum absolute atomic E-state index is 0.0436. The summed E-state index contributed by atoms with van der Waals surface area (Å²) in [6, 6.07) is 0. The van der Waals surface area contributed by atoms with Gasteiger partial charge in [-0.1, -0.05) is 19.1 Å². The number of piperazine rings is 1. The van der Waals surface area contributed by atoms with E-state index in [1.807, 2.05) is 28.9 Å². The summed E-state index contributed by atoms with van der Waals surface area (Å²) in [4.78, 5) is 32.4. The van der Waals surface area contributed by atoms with Crippen LogP contribution in [0.15, 0.2) is 12.2 Å². The van der Waals surface area contributed by atoms with Gasteiger partial charge in [-0.05, 0) is 13.5 Å². The highest BCUT2D eigenvalue weighted by Gasteiger charge is 2.67. The lowest BCUT2D eigenvalue weighted by Gasteiger charge is -2.37. The van der Waals surface area contributed by atoms with E-state index in [-0.39, 0.29) is 29.8 Å². The molecule has 0 radical (unpaired) electrons. The zero-order valence-electron chi connectivity index (χ0n) is 15.7. The normalized spacial score (nSPS) is 36.2. The molecule has 144 valence electrons. The van der Waals surface area contributed by atoms with E-state index >= 15 is 0 Å². The summed E-state index contributed by atoms with van der Waals surface area (Å²) < 4.78 is 11.6. The first-order valence-electron chi connectivity index (χ1n) is 9.84. The molecule has 0 saturated carbocycles. The molecule has 4 rings (SSSR count). The van der Waals surface area contributed by atoms with Gasteiger partial charge in [-0.25, -0.2) is 0 Å². The third-order valence-corrected chi connectivity index (χ3v) is 6.30. The summed E-state index contributed by atoms with van der Waals surface area (Å²) in [5, 5.41) is 0. The Balaban J connectivity index is 1.47. The second-order valence-electron chi connectivity index (χ2n) is 7.62. The van der Waals surface area contributed by atoms with Crippen LogP contribution in [0.4, 0.5) is 0 Å². The molecule has 0 aromatic carbocycles. The molecule has 4 aliphatic rings. The summed E-state index contributed by atoms with van der Waals surface area (Å²) in [5.41, 5.74) is -0.612. The van der Waals surface area contributed by atoms with Crippen LogP contribution in [0.1, 0.15) is 13.8 Å². The van der Waals surface area contributed by atoms with Crippen molar-refractivity contribution in [2.24, 2.45) is 11.8 Å². The highest BCUT2D eigenvalue weighted by atomic mass is 16.5. The van der Waals surface area contributed by atoms with Crippen LogP contribution in [-0.4, -0.2) is 97.2 Å². The third-order valence-electron chi connectivity index (χ3n) is 6.30. The van der Waals surface area contributed by atoms with Crippen LogP contribution >= 0.6 is 0 Å². The number of carbonyl (C=O) groups excluding carboxylic acids is 2. The number of likely N-dealkylation sites (tertiary alicyclic amines) is 1. The highest BCUT2D eigenvalue weighted by Crippen LogP contribution is 2.52. The Hall–Kier alpha value is -1.44. The maximum absolute atomic E-state index is 13.2. The largest absolute Gasteiger partial charge is 0.380 e. The predicted molar refractivity (Wildman–Crippen MR) is 95.5 cm³/mol. The van der Waals surface area contributed by atoms with Gasteiger partial charge < -0.3 is 24.2 Å². The Bertz CT molecular complexity index is 602. The van der Waals surface area contributed by atoms with Crippen molar-refractivity contribution in [2.75, 3.05) is 59.0 Å². The molecular weight excluding hydrogens is 334 g/mol. The van der Waals surface area contributed by atoms with E-state index in [0.29, 0.717) is 26.3 Å². The van der Waals surface area contributed by atoms with Crippen molar-refractivity contribution in [1.82, 2.24) is 14.7 Å². The molecule has 4 heterocycles. The molecule has 4 atom stereocenters. The smallest absolute Gasteiger partial charge is 0.230 e. The van der Waals surface area contributed by atoms with Crippen LogP contribution in [0.25, 0.3) is 0 Å². The summed E-state index contributed by atoms with van der Waals surface area (Å²) in [7, 11) is 0. The summed E-state index contributed by atoms with van der Waals surface area (Å²) >= 11 is 0. The molecule has 3 saturated heterocycles. The van der Waals surface area contributed by atoms with Gasteiger partial charge in [0.1, 0.15) is 5.60 Å². The van der Waals surface area contributed by atoms with Gasteiger partial charge in [-0.15, -0.1) is 0 Å². The van der Waals surface area contributed by atoms with E-state index in [9.17, 15) is 9.59 Å². The first kappa shape index (κ1) is 17.9. The van der Waals surface area contributed by atoms with Gasteiger partial charge >= 0.3 is 0 Å². The second kappa shape index (κ2) is 6.94. The summed E-state index contributed by atoms with van der Waals surface area (Å²) in [5.74, 6) is -0.627. The topological polar surface area (TPSA) is 62.3 Å². The fourth-order valence-electron chi connectivity index (χ4n) is 4.86. The van der Waals surface area contributed by atoms with Crippen LogP contribution < -0.4 is 0 Å². The van der Waals surface area contributed by atoms with Gasteiger partial charge in [-0.3, -0.25) is 9.59 Å². The second-order valence-corrected chi connectivity index (χ2v) is 7.62. The number of amides is 2. The Morgan fingerprint density at radius 2 is 2.08 bits per heavy atom. The Kier molecular flexibility index (Phi) is 4.79. The van der Waals surface area contributed by atoms with E-state index in [1.165, 1.54) is 0 Å². The van der Waals surface area contributed by atoms with Crippen LogP contribution in [-0.2, 0) is 19.1 Å². The first-order valence-corrected chi connectivity index (χ1v) is 9.84. The molecule has 7 nitrogen and oxygen atoms in total. The number of hydrogen-bond acceptors (Lipinski definition) is 5. The van der Waals surface area contributed by atoms with E-state index in [1.54, 1.807) is 0 Å². The monoisotopic (exact) mass is 363 g/mol. The molecule has 3 fully saturated rings. The molecule has 26 heavy (non-hydrogen) atoms. The van der Waals surface area contributed by atoms with Crippen molar-refractivity contribution in [3.63, 3.8) is 0 Å². The van der Waals surface area contributed by atoms with Crippen LogP contribution in [0.2, 0.25) is 0 Å². The number of fused-ring (bicyclic) bond motifs is 1. The standard InChI is InChI=1S/C19H29N3O4/c1-3-20-7-9-21(10-8-20)17(23)15-14-5-6-19(26-14)13-22(11-12-25-4-2)18(24)16(15)19/h5-6,14-16H,3-4,7-13H2,1-2H3/t14-,15-,16+,19-/m0/s1. The van der Waals surface area contributed by atoms with Gasteiger partial charge in [0.25, 0.3) is 0 Å². The molecule has 0 N–H and O–H groups in total. The molecule has 2 bridgehead atoms. The first-order chi connectivity index (χ1) is 12.6. The Labute approximate surface area is 154 Å². The van der Waals surface area contributed by atoms with E-state index in [2.05, 4.69) is 11.8 Å². The zero-order valence-corrected chi connectivity index (χ0v) is 15.7. The fourth-order valence-corrected chi connectivity index (χ4v) is 4.86. The van der Waals surface area contributed by atoms with Crippen LogP contribution in [0, 0.1) is 11.8 Å². The van der Waals surface area contributed by atoms with Crippen LogP contribution in [0.3, 0.4) is 0 Å². The van der Waals surface area contributed by atoms with E-state index in [4.69, 9.17) is 9.47 Å². The van der Waals surface area contributed by atoms with Crippen molar-refractivity contribution in [3.05, 3.63) is 12.2 Å². The fraction of sp³-hybridized carbons (Fsp3) is 0.789. The molecule has 7 heteroatoms. The predicted octanol–water partition coefficient (Wildman–Crippen LogP) is -0.0310. The van der Waals surface area contributed by atoms with Gasteiger partial charge in [0, 0.05) is 39.3 Å². The minimum Gasteiger partial charge on any atom is -0.380 e. The number of rotatable bonds is 6. The molecule has 0 aliphatic carbocycles. The van der Waals surface area contributed by atoms with Crippen molar-refractivity contribution in [2.45, 2.75) is 25.6 Å². The summed E-state index contributed by atoms with van der Waals surface area (Å²) in [6.45, 7) is 10.6. The quantitative estimate of drug-likeness (QED) is 0.490. The van der Waals surface area contributed by atoms with Crippen molar-refractivity contribution in [3.8, 4) is 0 Å². The van der Waals surface area contributed by atoms with Crippen molar-refractivity contribution in [1.29, 1.82) is 0 Å². The average Bonchev–Trinajstić information content (AvgIpc) is 3.30. The molecule has 4 aliphatic heterocycles. The lowest BCUT2D eigenvalue weighted by molar-refractivity contribution is -0.144. The lowest BCUT2D eigenvalue weighted by Crippen LogP contribution is -2.53. The number of ether oxygens (including phenoxy) is 2. The number of likely N-dealkylation sites (N-methyl/N-ethyl adjacent to an activating group) is 1. The van der Waals surface area contributed by atoms with Crippen molar-refractivity contribution >= 4 is 11.8 Å². The third kappa shape index (κ3) is 2.77. The van der Waals surface area contributed by atoms with Crippen molar-refractivity contribution < 1.29 is 19.1 Å². The van der Waals surface area contributed by atoms with Gasteiger partial charge in [0.15, 0.2) is 0 Å². The Morgan fingerprint density at radius 1 is 1.31 bits per heavy atom. The molecular formula is C19H29N3O4. The van der Waals surface area contributed by atoms with E-state index < -0.39 is 5.60 Å². The maximum Gasteiger partial charge on any atom is 0.230 e. The molecule has 0 aromatic heterocycles. The number of carbonyl (C=O) groups is 2.